The molecule has 0 atom stereocenters. The van der Waals surface area contributed by atoms with E-state index >= 15 is 0 Å². The van der Waals surface area contributed by atoms with E-state index in [1.54, 1.807) is 32.4 Å². The number of carbonyl (C=O) groups is 1. The van der Waals surface area contributed by atoms with Gasteiger partial charge in [0.1, 0.15) is 6.54 Å². The minimum Gasteiger partial charge on any atom is -0.493 e. The molecule has 112 valence electrons. The standard InChI is InChI=1S/C13H15N3O5/c1-16(7-11(17)18)13-14-12(15-21-13)8-4-5-9(19-2)10(6-8)20-3/h4-6H,7H2,1-3H3,(H,17,18). The topological polar surface area (TPSA) is 97.9 Å². The van der Waals surface area contributed by atoms with E-state index in [2.05, 4.69) is 10.1 Å². The Hall–Kier alpha value is -2.77. The van der Waals surface area contributed by atoms with Gasteiger partial charge in [0, 0.05) is 12.6 Å². The van der Waals surface area contributed by atoms with Crippen LogP contribution in [0.2, 0.25) is 0 Å². The van der Waals surface area contributed by atoms with E-state index in [0.717, 1.165) is 0 Å². The number of benzene rings is 1. The number of hydrogen-bond donors (Lipinski definition) is 1. The van der Waals surface area contributed by atoms with Gasteiger partial charge in [-0.15, -0.1) is 0 Å². The Balaban J connectivity index is 2.27. The molecule has 8 heteroatoms. The quantitative estimate of drug-likeness (QED) is 0.850. The minimum atomic E-state index is -0.983. The Labute approximate surface area is 120 Å². The summed E-state index contributed by atoms with van der Waals surface area (Å²) in [5.41, 5.74) is 0.673. The second-order valence-electron chi connectivity index (χ2n) is 4.22. The Kier molecular flexibility index (Phi) is 4.27. The molecule has 0 aliphatic carbocycles. The number of nitrogens with zero attached hydrogens (tertiary/aromatic N) is 3. The van der Waals surface area contributed by atoms with Crippen molar-refractivity contribution in [1.29, 1.82) is 0 Å². The highest BCUT2D eigenvalue weighted by molar-refractivity contribution is 5.72. The number of methoxy groups -OCH3 is 2. The molecule has 0 aliphatic heterocycles. The van der Waals surface area contributed by atoms with E-state index in [1.165, 1.54) is 12.0 Å². The van der Waals surface area contributed by atoms with Crippen molar-refractivity contribution in [2.75, 3.05) is 32.7 Å². The summed E-state index contributed by atoms with van der Waals surface area (Å²) in [4.78, 5) is 16.2. The maximum absolute atomic E-state index is 10.7. The second kappa shape index (κ2) is 6.12. The molecule has 21 heavy (non-hydrogen) atoms. The summed E-state index contributed by atoms with van der Waals surface area (Å²) < 4.78 is 15.4. The first-order valence-electron chi connectivity index (χ1n) is 6.04. The number of hydrogen-bond acceptors (Lipinski definition) is 7. The molecule has 0 amide bonds. The van der Waals surface area contributed by atoms with Gasteiger partial charge in [-0.05, 0) is 18.2 Å². The lowest BCUT2D eigenvalue weighted by Crippen LogP contribution is -2.25. The highest BCUT2D eigenvalue weighted by Gasteiger charge is 2.16. The van der Waals surface area contributed by atoms with Gasteiger partial charge in [-0.1, -0.05) is 5.16 Å². The molecule has 2 aromatic rings. The van der Waals surface area contributed by atoms with Crippen molar-refractivity contribution in [3.63, 3.8) is 0 Å². The molecule has 2 rings (SSSR count). The van der Waals surface area contributed by atoms with E-state index in [1.807, 2.05) is 0 Å². The molecule has 0 unspecified atom stereocenters. The summed E-state index contributed by atoms with van der Waals surface area (Å²) in [6.07, 6.45) is 0. The smallest absolute Gasteiger partial charge is 0.324 e. The van der Waals surface area contributed by atoms with E-state index in [4.69, 9.17) is 19.1 Å². The average Bonchev–Trinajstić information content (AvgIpc) is 2.95. The Bertz CT molecular complexity index is 640. The van der Waals surface area contributed by atoms with Gasteiger partial charge in [-0.25, -0.2) is 0 Å². The summed E-state index contributed by atoms with van der Waals surface area (Å²) in [6, 6.07) is 5.32. The second-order valence-corrected chi connectivity index (χ2v) is 4.22. The van der Waals surface area contributed by atoms with Crippen LogP contribution in [-0.2, 0) is 4.79 Å². The normalized spacial score (nSPS) is 10.2. The van der Waals surface area contributed by atoms with Crippen molar-refractivity contribution >= 4 is 12.0 Å². The van der Waals surface area contributed by atoms with Gasteiger partial charge in [0.25, 0.3) is 0 Å². The zero-order chi connectivity index (χ0) is 15.4. The van der Waals surface area contributed by atoms with Crippen LogP contribution in [0.3, 0.4) is 0 Å². The molecule has 0 aliphatic rings. The molecule has 0 fully saturated rings. The maximum Gasteiger partial charge on any atom is 0.324 e. The van der Waals surface area contributed by atoms with Crippen LogP contribution in [0.15, 0.2) is 22.7 Å². The zero-order valence-corrected chi connectivity index (χ0v) is 11.9. The monoisotopic (exact) mass is 293 g/mol. The van der Waals surface area contributed by atoms with Gasteiger partial charge in [-0.2, -0.15) is 4.98 Å². The van der Waals surface area contributed by atoms with Gasteiger partial charge < -0.3 is 24.0 Å². The van der Waals surface area contributed by atoms with Gasteiger partial charge >= 0.3 is 12.0 Å². The van der Waals surface area contributed by atoms with Gasteiger partial charge in [-0.3, -0.25) is 4.79 Å². The van der Waals surface area contributed by atoms with Crippen molar-refractivity contribution in [1.82, 2.24) is 10.1 Å². The number of aliphatic carboxylic acids is 1. The number of likely N-dealkylation sites (N-methyl/N-ethyl adjacent to an activating group) is 1. The van der Waals surface area contributed by atoms with Crippen molar-refractivity contribution in [2.45, 2.75) is 0 Å². The van der Waals surface area contributed by atoms with Crippen molar-refractivity contribution in [3.05, 3.63) is 18.2 Å². The molecule has 1 N–H and O–H groups in total. The van der Waals surface area contributed by atoms with Crippen LogP contribution < -0.4 is 14.4 Å². The van der Waals surface area contributed by atoms with E-state index in [0.29, 0.717) is 22.9 Å². The van der Waals surface area contributed by atoms with Crippen LogP contribution in [0.1, 0.15) is 0 Å². The third kappa shape index (κ3) is 3.22. The third-order valence-electron chi connectivity index (χ3n) is 2.76. The van der Waals surface area contributed by atoms with Crippen LogP contribution in [0.5, 0.6) is 11.5 Å². The summed E-state index contributed by atoms with van der Waals surface area (Å²) >= 11 is 0. The Morgan fingerprint density at radius 3 is 2.67 bits per heavy atom. The fourth-order valence-electron chi connectivity index (χ4n) is 1.73. The fourth-order valence-corrected chi connectivity index (χ4v) is 1.73. The SMILES string of the molecule is COc1ccc(-c2noc(N(C)CC(=O)O)n2)cc1OC. The summed E-state index contributed by atoms with van der Waals surface area (Å²) in [5, 5.41) is 12.6. The number of aromatic nitrogens is 2. The molecular formula is C13H15N3O5. The lowest BCUT2D eigenvalue weighted by Gasteiger charge is -2.09. The van der Waals surface area contributed by atoms with Crippen molar-refractivity contribution < 1.29 is 23.9 Å². The molecule has 1 heterocycles. The molecule has 1 aromatic carbocycles. The lowest BCUT2D eigenvalue weighted by molar-refractivity contribution is -0.135. The first kappa shape index (κ1) is 14.6. The molecule has 0 bridgehead atoms. The van der Waals surface area contributed by atoms with Crippen LogP contribution in [0, 0.1) is 0 Å². The average molecular weight is 293 g/mol. The van der Waals surface area contributed by atoms with Crippen LogP contribution in [0.25, 0.3) is 11.4 Å². The molecule has 0 saturated carbocycles. The van der Waals surface area contributed by atoms with Crippen LogP contribution in [0.4, 0.5) is 6.01 Å². The third-order valence-corrected chi connectivity index (χ3v) is 2.76. The number of ether oxygens (including phenoxy) is 2. The molecule has 8 nitrogen and oxygen atoms in total. The Morgan fingerprint density at radius 1 is 1.33 bits per heavy atom. The molecule has 0 saturated heterocycles. The maximum atomic E-state index is 10.7. The fraction of sp³-hybridized carbons (Fsp3) is 0.308. The first-order chi connectivity index (χ1) is 10.0. The molecule has 0 radical (unpaired) electrons. The largest absolute Gasteiger partial charge is 0.493 e. The van der Waals surface area contributed by atoms with Crippen molar-refractivity contribution in [2.24, 2.45) is 0 Å². The predicted octanol–water partition coefficient (Wildman–Crippen LogP) is 1.27. The number of carboxylic acids is 1. The van der Waals surface area contributed by atoms with Crippen LogP contribution in [-0.4, -0.2) is 49.0 Å². The van der Waals surface area contributed by atoms with Gasteiger partial charge in [0.15, 0.2) is 11.5 Å². The predicted molar refractivity (Wildman–Crippen MR) is 73.7 cm³/mol. The van der Waals surface area contributed by atoms with Gasteiger partial charge in [0.05, 0.1) is 14.2 Å². The number of rotatable bonds is 6. The highest BCUT2D eigenvalue weighted by atomic mass is 16.5. The lowest BCUT2D eigenvalue weighted by atomic mass is 10.2. The summed E-state index contributed by atoms with van der Waals surface area (Å²) in [6.45, 7) is -0.229. The summed E-state index contributed by atoms with van der Waals surface area (Å²) in [7, 11) is 4.63. The molecule has 0 spiro atoms. The highest BCUT2D eigenvalue weighted by Crippen LogP contribution is 2.31. The van der Waals surface area contributed by atoms with Gasteiger partial charge in [0.2, 0.25) is 5.82 Å². The summed E-state index contributed by atoms with van der Waals surface area (Å²) in [5.74, 6) is 0.486. The number of carboxylic acid groups (broad SMARTS) is 1. The first-order valence-corrected chi connectivity index (χ1v) is 6.04. The minimum absolute atomic E-state index is 0.127. The van der Waals surface area contributed by atoms with Crippen molar-refractivity contribution in [3.8, 4) is 22.9 Å². The van der Waals surface area contributed by atoms with E-state index in [-0.39, 0.29) is 12.6 Å². The van der Waals surface area contributed by atoms with Crippen LogP contribution >= 0.6 is 0 Å². The van der Waals surface area contributed by atoms with E-state index < -0.39 is 5.97 Å². The molecular weight excluding hydrogens is 278 g/mol. The number of anilines is 1. The Morgan fingerprint density at radius 2 is 2.05 bits per heavy atom. The van der Waals surface area contributed by atoms with E-state index in [9.17, 15) is 4.79 Å². The zero-order valence-electron chi connectivity index (χ0n) is 11.9. The molecule has 1 aromatic heterocycles.